The van der Waals surface area contributed by atoms with Crippen molar-refractivity contribution in [2.75, 3.05) is 19.0 Å². The van der Waals surface area contributed by atoms with Crippen LogP contribution in [-0.4, -0.2) is 31.4 Å². The summed E-state index contributed by atoms with van der Waals surface area (Å²) in [4.78, 5) is 36.2. The molecule has 1 aliphatic rings. The van der Waals surface area contributed by atoms with Gasteiger partial charge in [-0.1, -0.05) is 20.8 Å². The van der Waals surface area contributed by atoms with Gasteiger partial charge in [-0.2, -0.15) is 0 Å². The maximum absolute atomic E-state index is 12.5. The van der Waals surface area contributed by atoms with Crippen molar-refractivity contribution >= 4 is 34.1 Å². The van der Waals surface area contributed by atoms with Crippen LogP contribution in [0, 0.1) is 17.3 Å². The zero-order chi connectivity index (χ0) is 16.5. The second-order valence-electron chi connectivity index (χ2n) is 6.34. The predicted octanol–water partition coefficient (Wildman–Crippen LogP) is 1.88. The van der Waals surface area contributed by atoms with Crippen LogP contribution in [0.25, 0.3) is 0 Å². The summed E-state index contributed by atoms with van der Waals surface area (Å²) in [5, 5.41) is 7.54. The molecule has 2 rings (SSSR count). The van der Waals surface area contributed by atoms with Crippen molar-refractivity contribution in [2.24, 2.45) is 17.3 Å². The molecule has 7 heteroatoms. The number of nitrogens with one attached hydrogen (secondary N) is 2. The number of anilines is 1. The number of rotatable bonds is 3. The first kappa shape index (κ1) is 16.5. The van der Waals surface area contributed by atoms with E-state index in [1.54, 1.807) is 11.4 Å². The first-order chi connectivity index (χ1) is 10.3. The highest BCUT2D eigenvalue weighted by molar-refractivity contribution is 7.14. The van der Waals surface area contributed by atoms with E-state index < -0.39 is 11.9 Å². The number of hydrogen-bond acceptors (Lipinski definition) is 5. The average Bonchev–Trinajstić information content (AvgIpc) is 3.03. The van der Waals surface area contributed by atoms with Crippen molar-refractivity contribution < 1.29 is 19.1 Å². The third-order valence-electron chi connectivity index (χ3n) is 3.88. The molecule has 0 unspecified atom stereocenters. The maximum Gasteiger partial charge on any atom is 0.340 e. The molecule has 1 saturated heterocycles. The summed E-state index contributed by atoms with van der Waals surface area (Å²) in [7, 11) is 1.28. The zero-order valence-corrected chi connectivity index (χ0v) is 13.9. The molecule has 0 aromatic carbocycles. The Hall–Kier alpha value is -1.89. The van der Waals surface area contributed by atoms with Crippen LogP contribution in [-0.2, 0) is 14.3 Å². The molecule has 2 heterocycles. The summed E-state index contributed by atoms with van der Waals surface area (Å²) in [5.74, 6) is -2.02. The molecule has 0 radical (unpaired) electrons. The minimum Gasteiger partial charge on any atom is -0.465 e. The molecule has 2 N–H and O–H groups in total. The Morgan fingerprint density at radius 2 is 2.09 bits per heavy atom. The van der Waals surface area contributed by atoms with Gasteiger partial charge in [0.1, 0.15) is 10.9 Å². The van der Waals surface area contributed by atoms with Crippen LogP contribution >= 0.6 is 11.3 Å². The third kappa shape index (κ3) is 3.14. The second-order valence-corrected chi connectivity index (χ2v) is 7.26. The van der Waals surface area contributed by atoms with E-state index in [0.29, 0.717) is 17.1 Å². The van der Waals surface area contributed by atoms with Gasteiger partial charge in [-0.3, -0.25) is 9.59 Å². The van der Waals surface area contributed by atoms with Crippen LogP contribution in [0.15, 0.2) is 11.4 Å². The minimum atomic E-state index is -0.757. The smallest absolute Gasteiger partial charge is 0.340 e. The second kappa shape index (κ2) is 6.08. The highest BCUT2D eigenvalue weighted by Gasteiger charge is 2.45. The van der Waals surface area contributed by atoms with Gasteiger partial charge < -0.3 is 15.4 Å². The summed E-state index contributed by atoms with van der Waals surface area (Å²) in [6, 6.07) is 1.59. The zero-order valence-electron chi connectivity index (χ0n) is 13.1. The summed E-state index contributed by atoms with van der Waals surface area (Å²) < 4.78 is 4.68. The normalized spacial score (nSPS) is 21.4. The topological polar surface area (TPSA) is 84.5 Å². The quantitative estimate of drug-likeness (QED) is 0.657. The molecular weight excluding hydrogens is 304 g/mol. The van der Waals surface area contributed by atoms with Crippen LogP contribution < -0.4 is 10.6 Å². The monoisotopic (exact) mass is 324 g/mol. The molecule has 2 atom stereocenters. The first-order valence-corrected chi connectivity index (χ1v) is 7.88. The number of methoxy groups -OCH3 is 1. The van der Waals surface area contributed by atoms with Gasteiger partial charge >= 0.3 is 5.97 Å². The fourth-order valence-electron chi connectivity index (χ4n) is 2.60. The van der Waals surface area contributed by atoms with Crippen molar-refractivity contribution in [1.29, 1.82) is 0 Å². The number of ether oxygens (including phenoxy) is 1. The van der Waals surface area contributed by atoms with Crippen molar-refractivity contribution in [3.8, 4) is 0 Å². The molecular formula is C15H20N2O4S. The van der Waals surface area contributed by atoms with E-state index in [-0.39, 0.29) is 23.1 Å². The number of thiophene rings is 1. The maximum atomic E-state index is 12.5. The summed E-state index contributed by atoms with van der Waals surface area (Å²) in [6.45, 7) is 6.49. The molecule has 22 heavy (non-hydrogen) atoms. The molecule has 0 aliphatic carbocycles. The molecule has 1 fully saturated rings. The van der Waals surface area contributed by atoms with Gasteiger partial charge in [0.25, 0.3) is 0 Å². The molecule has 0 saturated carbocycles. The minimum absolute atomic E-state index is 0.0958. The highest BCUT2D eigenvalue weighted by Crippen LogP contribution is 2.36. The van der Waals surface area contributed by atoms with E-state index in [0.717, 1.165) is 0 Å². The number of carbonyl (C=O) groups excluding carboxylic acids is 3. The van der Waals surface area contributed by atoms with E-state index in [1.807, 2.05) is 20.8 Å². The standard InChI is InChI=1S/C15H20N2O4S/c1-15(2,3)9-7-16-11(18)10(9)12(19)17-13-8(5-6-22-13)14(20)21-4/h5-6,9-10H,7H2,1-4H3,(H,16,18)(H,17,19)/t9-,10+/m1/s1. The van der Waals surface area contributed by atoms with Gasteiger partial charge in [0.05, 0.1) is 12.7 Å². The number of amides is 2. The number of carbonyl (C=O) groups is 3. The molecule has 0 spiro atoms. The van der Waals surface area contributed by atoms with Crippen molar-refractivity contribution in [3.05, 3.63) is 17.0 Å². The Morgan fingerprint density at radius 1 is 1.41 bits per heavy atom. The number of hydrogen-bond donors (Lipinski definition) is 2. The largest absolute Gasteiger partial charge is 0.465 e. The Labute approximate surface area is 133 Å². The fourth-order valence-corrected chi connectivity index (χ4v) is 3.37. The Balaban J connectivity index is 2.20. The molecule has 1 aromatic rings. The molecule has 1 aliphatic heterocycles. The van der Waals surface area contributed by atoms with E-state index in [2.05, 4.69) is 15.4 Å². The van der Waals surface area contributed by atoms with Gasteiger partial charge in [-0.15, -0.1) is 11.3 Å². The van der Waals surface area contributed by atoms with Crippen LogP contribution in [0.1, 0.15) is 31.1 Å². The Kier molecular flexibility index (Phi) is 4.55. The fraction of sp³-hybridized carbons (Fsp3) is 0.533. The van der Waals surface area contributed by atoms with Crippen molar-refractivity contribution in [1.82, 2.24) is 5.32 Å². The van der Waals surface area contributed by atoms with E-state index in [9.17, 15) is 14.4 Å². The van der Waals surface area contributed by atoms with Gasteiger partial charge in [0, 0.05) is 12.5 Å². The lowest BCUT2D eigenvalue weighted by molar-refractivity contribution is -0.132. The highest BCUT2D eigenvalue weighted by atomic mass is 32.1. The Morgan fingerprint density at radius 3 is 2.68 bits per heavy atom. The Bertz CT molecular complexity index is 603. The molecule has 2 amide bonds. The summed E-state index contributed by atoms with van der Waals surface area (Å²) in [6.07, 6.45) is 0. The third-order valence-corrected chi connectivity index (χ3v) is 4.71. The van der Waals surface area contributed by atoms with E-state index >= 15 is 0 Å². The van der Waals surface area contributed by atoms with Gasteiger partial charge in [-0.05, 0) is 16.9 Å². The van der Waals surface area contributed by atoms with Crippen LogP contribution in [0.3, 0.4) is 0 Å². The van der Waals surface area contributed by atoms with E-state index in [4.69, 9.17) is 0 Å². The predicted molar refractivity (Wildman–Crippen MR) is 83.7 cm³/mol. The SMILES string of the molecule is COC(=O)c1ccsc1NC(=O)[C@@H]1C(=O)NC[C@H]1C(C)(C)C. The van der Waals surface area contributed by atoms with E-state index in [1.165, 1.54) is 18.4 Å². The lowest BCUT2D eigenvalue weighted by Gasteiger charge is -2.29. The van der Waals surface area contributed by atoms with Crippen molar-refractivity contribution in [2.45, 2.75) is 20.8 Å². The first-order valence-electron chi connectivity index (χ1n) is 7.00. The summed E-state index contributed by atoms with van der Waals surface area (Å²) >= 11 is 1.23. The number of esters is 1. The van der Waals surface area contributed by atoms with Crippen LogP contribution in [0.2, 0.25) is 0 Å². The summed E-state index contributed by atoms with van der Waals surface area (Å²) in [5.41, 5.74) is 0.119. The molecule has 0 bridgehead atoms. The molecule has 6 nitrogen and oxygen atoms in total. The molecule has 120 valence electrons. The van der Waals surface area contributed by atoms with Gasteiger partial charge in [0.2, 0.25) is 11.8 Å². The van der Waals surface area contributed by atoms with Crippen LogP contribution in [0.5, 0.6) is 0 Å². The molecule has 1 aromatic heterocycles. The van der Waals surface area contributed by atoms with Crippen molar-refractivity contribution in [3.63, 3.8) is 0 Å². The van der Waals surface area contributed by atoms with Gasteiger partial charge in [-0.25, -0.2) is 4.79 Å². The van der Waals surface area contributed by atoms with Crippen LogP contribution in [0.4, 0.5) is 5.00 Å². The lowest BCUT2D eigenvalue weighted by atomic mass is 9.74. The average molecular weight is 324 g/mol. The van der Waals surface area contributed by atoms with Gasteiger partial charge in [0.15, 0.2) is 0 Å². The lowest BCUT2D eigenvalue weighted by Crippen LogP contribution is -2.37.